The van der Waals surface area contributed by atoms with Crippen LogP contribution in [0.3, 0.4) is 0 Å². The fourth-order valence-electron chi connectivity index (χ4n) is 1.65. The Morgan fingerprint density at radius 1 is 1.18 bits per heavy atom. The third-order valence-electron chi connectivity index (χ3n) is 2.47. The first kappa shape index (κ1) is 11.6. The molecule has 0 aliphatic heterocycles. The van der Waals surface area contributed by atoms with Gasteiger partial charge in [-0.2, -0.15) is 0 Å². The highest BCUT2D eigenvalue weighted by molar-refractivity contribution is 5.28. The van der Waals surface area contributed by atoms with E-state index >= 15 is 0 Å². The van der Waals surface area contributed by atoms with Gasteiger partial charge in [0, 0.05) is 6.20 Å². The molecule has 2 rings (SSSR count). The van der Waals surface area contributed by atoms with Crippen molar-refractivity contribution >= 4 is 0 Å². The molecular weight excluding hydrogens is 224 g/mol. The summed E-state index contributed by atoms with van der Waals surface area (Å²) in [6.07, 6.45) is 3.02. The van der Waals surface area contributed by atoms with Gasteiger partial charge in [0.15, 0.2) is 11.6 Å². The summed E-state index contributed by atoms with van der Waals surface area (Å²) in [5.74, 6) is -1.72. The van der Waals surface area contributed by atoms with Crippen molar-refractivity contribution in [3.63, 3.8) is 0 Å². The fourth-order valence-corrected chi connectivity index (χ4v) is 1.65. The molecule has 1 unspecified atom stereocenters. The van der Waals surface area contributed by atoms with Gasteiger partial charge in [0.25, 0.3) is 0 Å². The van der Waals surface area contributed by atoms with Crippen LogP contribution in [0.25, 0.3) is 0 Å². The van der Waals surface area contributed by atoms with E-state index in [1.54, 1.807) is 19.3 Å². The van der Waals surface area contributed by atoms with E-state index in [0.717, 1.165) is 6.07 Å². The van der Waals surface area contributed by atoms with Gasteiger partial charge in [0.05, 0.1) is 11.7 Å². The molecule has 1 heterocycles. The van der Waals surface area contributed by atoms with Crippen molar-refractivity contribution in [3.05, 3.63) is 59.7 Å². The minimum absolute atomic E-state index is 0.284. The Kier molecular flexibility index (Phi) is 3.39. The van der Waals surface area contributed by atoms with E-state index in [1.165, 1.54) is 18.5 Å². The lowest BCUT2D eigenvalue weighted by molar-refractivity contribution is 0.504. The van der Waals surface area contributed by atoms with Gasteiger partial charge in [-0.1, -0.05) is 6.07 Å². The van der Waals surface area contributed by atoms with Crippen LogP contribution in [-0.4, -0.2) is 17.0 Å². The Balaban J connectivity index is 2.39. The molecule has 5 heteroatoms. The first-order valence-electron chi connectivity index (χ1n) is 5.10. The lowest BCUT2D eigenvalue weighted by atomic mass is 10.0. The number of hydrogen-bond acceptors (Lipinski definition) is 3. The monoisotopic (exact) mass is 235 g/mol. The maximum atomic E-state index is 13.2. The van der Waals surface area contributed by atoms with Gasteiger partial charge >= 0.3 is 0 Å². The summed E-state index contributed by atoms with van der Waals surface area (Å²) < 4.78 is 26.0. The second-order valence-electron chi connectivity index (χ2n) is 3.53. The Hall–Kier alpha value is -1.88. The number of aromatic nitrogens is 2. The van der Waals surface area contributed by atoms with Crippen molar-refractivity contribution in [2.24, 2.45) is 0 Å². The highest BCUT2D eigenvalue weighted by atomic mass is 19.2. The molecule has 1 N–H and O–H groups in total. The van der Waals surface area contributed by atoms with E-state index < -0.39 is 11.6 Å². The average Bonchev–Trinajstić information content (AvgIpc) is 2.36. The van der Waals surface area contributed by atoms with Gasteiger partial charge in [-0.25, -0.2) is 18.7 Å². The van der Waals surface area contributed by atoms with Crippen molar-refractivity contribution < 1.29 is 8.78 Å². The lowest BCUT2D eigenvalue weighted by Gasteiger charge is -2.15. The first-order valence-corrected chi connectivity index (χ1v) is 5.10. The molecule has 0 fully saturated rings. The third kappa shape index (κ3) is 2.45. The van der Waals surface area contributed by atoms with Gasteiger partial charge in [-0.3, -0.25) is 0 Å². The van der Waals surface area contributed by atoms with Crippen LogP contribution in [0.2, 0.25) is 0 Å². The largest absolute Gasteiger partial charge is 0.308 e. The number of rotatable bonds is 3. The van der Waals surface area contributed by atoms with Gasteiger partial charge in [-0.05, 0) is 30.8 Å². The number of nitrogens with one attached hydrogen (secondary N) is 1. The van der Waals surface area contributed by atoms with E-state index in [-0.39, 0.29) is 6.04 Å². The van der Waals surface area contributed by atoms with Crippen LogP contribution in [-0.2, 0) is 0 Å². The summed E-state index contributed by atoms with van der Waals surface area (Å²) in [6, 6.07) is 5.24. The smallest absolute Gasteiger partial charge is 0.159 e. The normalized spacial score (nSPS) is 12.4. The number of nitrogens with zero attached hydrogens (tertiary/aromatic N) is 2. The SMILES string of the molecule is CNC(c1ccc(F)c(F)c1)c1ccncn1. The first-order chi connectivity index (χ1) is 8.22. The van der Waals surface area contributed by atoms with Crippen LogP contribution in [0.15, 0.2) is 36.8 Å². The van der Waals surface area contributed by atoms with Gasteiger partial charge in [0.2, 0.25) is 0 Å². The van der Waals surface area contributed by atoms with E-state index in [9.17, 15) is 8.78 Å². The standard InChI is InChI=1S/C12H11F2N3/c1-15-12(11-4-5-16-7-17-11)8-2-3-9(13)10(14)6-8/h2-7,12,15H,1H3. The maximum absolute atomic E-state index is 13.2. The molecule has 3 nitrogen and oxygen atoms in total. The summed E-state index contributed by atoms with van der Waals surface area (Å²) in [5, 5.41) is 3.00. The van der Waals surface area contributed by atoms with E-state index in [4.69, 9.17) is 0 Å². The van der Waals surface area contributed by atoms with Gasteiger partial charge in [0.1, 0.15) is 6.33 Å². The molecule has 17 heavy (non-hydrogen) atoms. The topological polar surface area (TPSA) is 37.8 Å². The number of benzene rings is 1. The van der Waals surface area contributed by atoms with Crippen LogP contribution in [0, 0.1) is 11.6 Å². The molecule has 88 valence electrons. The zero-order valence-corrected chi connectivity index (χ0v) is 9.19. The zero-order chi connectivity index (χ0) is 12.3. The van der Waals surface area contributed by atoms with Crippen molar-refractivity contribution in [3.8, 4) is 0 Å². The quantitative estimate of drug-likeness (QED) is 0.884. The van der Waals surface area contributed by atoms with Gasteiger partial charge in [-0.15, -0.1) is 0 Å². The van der Waals surface area contributed by atoms with Crippen molar-refractivity contribution in [1.29, 1.82) is 0 Å². The molecule has 0 bridgehead atoms. The molecule has 1 aromatic carbocycles. The maximum Gasteiger partial charge on any atom is 0.159 e. The highest BCUT2D eigenvalue weighted by Crippen LogP contribution is 2.21. The van der Waals surface area contributed by atoms with Crippen molar-refractivity contribution in [1.82, 2.24) is 15.3 Å². The Bertz CT molecular complexity index is 502. The molecule has 0 radical (unpaired) electrons. The summed E-state index contributed by atoms with van der Waals surface area (Å²) in [5.41, 5.74) is 1.32. The molecule has 2 aromatic rings. The van der Waals surface area contributed by atoms with Crippen LogP contribution >= 0.6 is 0 Å². The van der Waals surface area contributed by atoms with E-state index in [1.807, 2.05) is 0 Å². The molecule has 1 aromatic heterocycles. The summed E-state index contributed by atoms with van der Waals surface area (Å²) in [4.78, 5) is 7.90. The molecule has 0 saturated heterocycles. The summed E-state index contributed by atoms with van der Waals surface area (Å²) in [6.45, 7) is 0. The van der Waals surface area contributed by atoms with Crippen molar-refractivity contribution in [2.75, 3.05) is 7.05 Å². The molecule has 0 spiro atoms. The fraction of sp³-hybridized carbons (Fsp3) is 0.167. The summed E-state index contributed by atoms with van der Waals surface area (Å²) in [7, 11) is 1.73. The third-order valence-corrected chi connectivity index (χ3v) is 2.47. The molecule has 0 aliphatic rings. The Labute approximate surface area is 97.5 Å². The molecule has 0 amide bonds. The predicted octanol–water partition coefficient (Wildman–Crippen LogP) is 2.06. The lowest BCUT2D eigenvalue weighted by Crippen LogP contribution is -2.19. The minimum Gasteiger partial charge on any atom is -0.308 e. The van der Waals surface area contributed by atoms with Crippen LogP contribution in [0.1, 0.15) is 17.3 Å². The second kappa shape index (κ2) is 4.97. The number of halogens is 2. The molecule has 0 aliphatic carbocycles. The number of hydrogen-bond donors (Lipinski definition) is 1. The Morgan fingerprint density at radius 3 is 2.59 bits per heavy atom. The van der Waals surface area contributed by atoms with Crippen LogP contribution in [0.4, 0.5) is 8.78 Å². The van der Waals surface area contributed by atoms with Crippen molar-refractivity contribution in [2.45, 2.75) is 6.04 Å². The zero-order valence-electron chi connectivity index (χ0n) is 9.19. The second-order valence-corrected chi connectivity index (χ2v) is 3.53. The van der Waals surface area contributed by atoms with E-state index in [0.29, 0.717) is 11.3 Å². The molecular formula is C12H11F2N3. The Morgan fingerprint density at radius 2 is 2.00 bits per heavy atom. The summed E-state index contributed by atoms with van der Waals surface area (Å²) >= 11 is 0. The minimum atomic E-state index is -0.864. The van der Waals surface area contributed by atoms with E-state index in [2.05, 4.69) is 15.3 Å². The highest BCUT2D eigenvalue weighted by Gasteiger charge is 2.14. The molecule has 0 saturated carbocycles. The van der Waals surface area contributed by atoms with Crippen LogP contribution < -0.4 is 5.32 Å². The van der Waals surface area contributed by atoms with Gasteiger partial charge < -0.3 is 5.32 Å². The average molecular weight is 235 g/mol. The van der Waals surface area contributed by atoms with Crippen LogP contribution in [0.5, 0.6) is 0 Å². The molecule has 1 atom stereocenters. The predicted molar refractivity (Wildman–Crippen MR) is 59.3 cm³/mol.